The molecule has 1 aliphatic rings. The van der Waals surface area contributed by atoms with Crippen LogP contribution in [0.15, 0.2) is 48.5 Å². The molecule has 32 heavy (non-hydrogen) atoms. The molecule has 0 aromatic heterocycles. The highest BCUT2D eigenvalue weighted by Gasteiger charge is 2.30. The SMILES string of the molecule is CC[C@@H](C(=O)NC1CCCCC1)N(CCc1ccccc1)C(=O)Cc1c(F)cccc1Cl. The predicted octanol–water partition coefficient (Wildman–Crippen LogP) is 5.32. The summed E-state index contributed by atoms with van der Waals surface area (Å²) in [7, 11) is 0. The minimum atomic E-state index is -0.598. The van der Waals surface area contributed by atoms with Crippen LogP contribution in [0.3, 0.4) is 0 Å². The summed E-state index contributed by atoms with van der Waals surface area (Å²) in [6, 6.07) is 13.8. The molecule has 0 spiro atoms. The van der Waals surface area contributed by atoms with Crippen LogP contribution in [0.5, 0.6) is 0 Å². The van der Waals surface area contributed by atoms with Crippen molar-refractivity contribution >= 4 is 23.4 Å². The topological polar surface area (TPSA) is 49.4 Å². The standard InChI is InChI=1S/C26H32ClFN2O2/c1-2-24(26(32)29-20-12-7-4-8-13-20)30(17-16-19-10-5-3-6-11-19)25(31)18-21-22(27)14-9-15-23(21)28/h3,5-6,9-11,14-15,20,24H,2,4,7-8,12-13,16-18H2,1H3,(H,29,32)/t24-/m0/s1. The summed E-state index contributed by atoms with van der Waals surface area (Å²) in [5.41, 5.74) is 1.25. The summed E-state index contributed by atoms with van der Waals surface area (Å²) in [6.07, 6.45) is 6.32. The van der Waals surface area contributed by atoms with Crippen LogP contribution in [0.1, 0.15) is 56.6 Å². The van der Waals surface area contributed by atoms with Crippen molar-refractivity contribution in [1.29, 1.82) is 0 Å². The van der Waals surface area contributed by atoms with Crippen LogP contribution in [-0.4, -0.2) is 35.3 Å². The number of benzene rings is 2. The molecular formula is C26H32ClFN2O2. The molecule has 0 heterocycles. The van der Waals surface area contributed by atoms with Gasteiger partial charge in [-0.1, -0.05) is 74.2 Å². The molecule has 0 bridgehead atoms. The first kappa shape index (κ1) is 24.2. The molecule has 0 radical (unpaired) electrons. The van der Waals surface area contributed by atoms with Gasteiger partial charge in [0.2, 0.25) is 11.8 Å². The van der Waals surface area contributed by atoms with Gasteiger partial charge in [-0.3, -0.25) is 9.59 Å². The maximum atomic E-state index is 14.3. The van der Waals surface area contributed by atoms with E-state index in [1.54, 1.807) is 11.0 Å². The number of amides is 2. The number of nitrogens with zero attached hydrogens (tertiary/aromatic N) is 1. The summed E-state index contributed by atoms with van der Waals surface area (Å²) < 4.78 is 14.3. The van der Waals surface area contributed by atoms with E-state index in [9.17, 15) is 14.0 Å². The van der Waals surface area contributed by atoms with Crippen LogP contribution in [0.4, 0.5) is 4.39 Å². The molecule has 1 N–H and O–H groups in total. The number of hydrogen-bond acceptors (Lipinski definition) is 2. The Hall–Kier alpha value is -2.40. The summed E-state index contributed by atoms with van der Waals surface area (Å²) >= 11 is 6.17. The second kappa shape index (κ2) is 12.0. The van der Waals surface area contributed by atoms with E-state index in [4.69, 9.17) is 11.6 Å². The maximum absolute atomic E-state index is 14.3. The van der Waals surface area contributed by atoms with Gasteiger partial charge in [0, 0.05) is 23.2 Å². The Kier molecular flexibility index (Phi) is 9.10. The van der Waals surface area contributed by atoms with Gasteiger partial charge in [0.25, 0.3) is 0 Å². The van der Waals surface area contributed by atoms with Crippen molar-refractivity contribution in [3.05, 3.63) is 70.5 Å². The first-order valence-corrected chi connectivity index (χ1v) is 11.9. The lowest BCUT2D eigenvalue weighted by Crippen LogP contribution is -2.52. The van der Waals surface area contributed by atoms with Gasteiger partial charge in [0.05, 0.1) is 6.42 Å². The van der Waals surface area contributed by atoms with Gasteiger partial charge in [-0.2, -0.15) is 0 Å². The Morgan fingerprint density at radius 3 is 2.47 bits per heavy atom. The molecule has 3 rings (SSSR count). The van der Waals surface area contributed by atoms with Crippen molar-refractivity contribution in [2.24, 2.45) is 0 Å². The van der Waals surface area contributed by atoms with Gasteiger partial charge >= 0.3 is 0 Å². The normalized spacial score (nSPS) is 15.2. The zero-order valence-corrected chi connectivity index (χ0v) is 19.4. The summed E-state index contributed by atoms with van der Waals surface area (Å²) in [4.78, 5) is 28.1. The Morgan fingerprint density at radius 1 is 1.09 bits per heavy atom. The lowest BCUT2D eigenvalue weighted by atomic mass is 9.95. The second-order valence-corrected chi connectivity index (χ2v) is 8.87. The minimum absolute atomic E-state index is 0.125. The van der Waals surface area contributed by atoms with Crippen molar-refractivity contribution < 1.29 is 14.0 Å². The molecule has 1 atom stereocenters. The van der Waals surface area contributed by atoms with E-state index in [0.717, 1.165) is 31.2 Å². The van der Waals surface area contributed by atoms with E-state index >= 15 is 0 Å². The van der Waals surface area contributed by atoms with E-state index in [1.807, 2.05) is 37.3 Å². The molecule has 2 amide bonds. The average Bonchev–Trinajstić information content (AvgIpc) is 2.80. The summed E-state index contributed by atoms with van der Waals surface area (Å²) in [5.74, 6) is -0.924. The fraction of sp³-hybridized carbons (Fsp3) is 0.462. The van der Waals surface area contributed by atoms with Gasteiger partial charge in [-0.05, 0) is 43.4 Å². The molecule has 6 heteroatoms. The zero-order chi connectivity index (χ0) is 22.9. The molecule has 4 nitrogen and oxygen atoms in total. The highest BCUT2D eigenvalue weighted by atomic mass is 35.5. The number of nitrogens with one attached hydrogen (secondary N) is 1. The molecule has 2 aromatic rings. The van der Waals surface area contributed by atoms with Crippen molar-refractivity contribution in [3.8, 4) is 0 Å². The van der Waals surface area contributed by atoms with E-state index in [-0.39, 0.29) is 34.9 Å². The molecule has 1 fully saturated rings. The molecule has 2 aromatic carbocycles. The van der Waals surface area contributed by atoms with Crippen LogP contribution in [0.2, 0.25) is 5.02 Å². The fourth-order valence-corrected chi connectivity index (χ4v) is 4.62. The molecule has 0 aliphatic heterocycles. The summed E-state index contributed by atoms with van der Waals surface area (Å²) in [6.45, 7) is 2.29. The van der Waals surface area contributed by atoms with E-state index in [0.29, 0.717) is 19.4 Å². The molecule has 0 unspecified atom stereocenters. The number of hydrogen-bond donors (Lipinski definition) is 1. The smallest absolute Gasteiger partial charge is 0.243 e. The minimum Gasteiger partial charge on any atom is -0.352 e. The third kappa shape index (κ3) is 6.55. The average molecular weight is 459 g/mol. The van der Waals surface area contributed by atoms with E-state index < -0.39 is 11.9 Å². The Balaban J connectivity index is 1.78. The van der Waals surface area contributed by atoms with E-state index in [1.165, 1.54) is 18.6 Å². The van der Waals surface area contributed by atoms with Gasteiger partial charge in [0.1, 0.15) is 11.9 Å². The fourth-order valence-electron chi connectivity index (χ4n) is 4.39. The first-order valence-electron chi connectivity index (χ1n) is 11.6. The van der Waals surface area contributed by atoms with Crippen molar-refractivity contribution in [2.45, 2.75) is 70.4 Å². The monoisotopic (exact) mass is 458 g/mol. The third-order valence-corrected chi connectivity index (χ3v) is 6.57. The lowest BCUT2D eigenvalue weighted by molar-refractivity contribution is -0.140. The van der Waals surface area contributed by atoms with E-state index in [2.05, 4.69) is 5.32 Å². The Bertz CT molecular complexity index is 880. The first-order chi connectivity index (χ1) is 15.5. The van der Waals surface area contributed by atoms with Crippen LogP contribution in [0.25, 0.3) is 0 Å². The van der Waals surface area contributed by atoms with Crippen LogP contribution < -0.4 is 5.32 Å². The van der Waals surface area contributed by atoms with Crippen LogP contribution in [0, 0.1) is 5.82 Å². The molecule has 172 valence electrons. The van der Waals surface area contributed by atoms with Crippen LogP contribution >= 0.6 is 11.6 Å². The Labute approximate surface area is 195 Å². The molecule has 0 saturated heterocycles. The number of rotatable bonds is 9. The van der Waals surface area contributed by atoms with Gasteiger partial charge < -0.3 is 10.2 Å². The molecule has 1 aliphatic carbocycles. The molecular weight excluding hydrogens is 427 g/mol. The van der Waals surface area contributed by atoms with Crippen molar-refractivity contribution in [3.63, 3.8) is 0 Å². The lowest BCUT2D eigenvalue weighted by Gasteiger charge is -2.33. The predicted molar refractivity (Wildman–Crippen MR) is 126 cm³/mol. The second-order valence-electron chi connectivity index (χ2n) is 8.47. The summed E-state index contributed by atoms with van der Waals surface area (Å²) in [5, 5.41) is 3.38. The maximum Gasteiger partial charge on any atom is 0.243 e. The largest absolute Gasteiger partial charge is 0.352 e. The van der Waals surface area contributed by atoms with Crippen LogP contribution in [-0.2, 0) is 22.4 Å². The molecule has 1 saturated carbocycles. The number of carbonyl (C=O) groups excluding carboxylic acids is 2. The van der Waals surface area contributed by atoms with Gasteiger partial charge in [-0.15, -0.1) is 0 Å². The highest BCUT2D eigenvalue weighted by molar-refractivity contribution is 6.31. The quantitative estimate of drug-likeness (QED) is 0.552. The van der Waals surface area contributed by atoms with Crippen molar-refractivity contribution in [2.75, 3.05) is 6.54 Å². The van der Waals surface area contributed by atoms with Gasteiger partial charge in [0.15, 0.2) is 0 Å². The Morgan fingerprint density at radius 2 is 1.81 bits per heavy atom. The number of halogens is 2. The highest BCUT2D eigenvalue weighted by Crippen LogP contribution is 2.22. The van der Waals surface area contributed by atoms with Gasteiger partial charge in [-0.25, -0.2) is 4.39 Å². The third-order valence-electron chi connectivity index (χ3n) is 6.21. The zero-order valence-electron chi connectivity index (χ0n) is 18.7. The number of carbonyl (C=O) groups is 2. The van der Waals surface area contributed by atoms with Crippen molar-refractivity contribution in [1.82, 2.24) is 10.2 Å².